The van der Waals surface area contributed by atoms with Gasteiger partial charge in [-0.25, -0.2) is 4.39 Å². The molecule has 2 amide bonds. The summed E-state index contributed by atoms with van der Waals surface area (Å²) in [5, 5.41) is 0. The molecule has 0 unspecified atom stereocenters. The largest absolute Gasteiger partial charge is 0.342 e. The summed E-state index contributed by atoms with van der Waals surface area (Å²) in [5.41, 5.74) is 1.65. The zero-order valence-corrected chi connectivity index (χ0v) is 16.9. The van der Waals surface area contributed by atoms with Crippen LogP contribution in [0.15, 0.2) is 54.9 Å². The van der Waals surface area contributed by atoms with Gasteiger partial charge < -0.3 is 9.80 Å². The molecule has 3 heterocycles. The van der Waals surface area contributed by atoms with Crippen LogP contribution in [-0.2, 0) is 16.0 Å². The molecule has 30 heavy (non-hydrogen) atoms. The van der Waals surface area contributed by atoms with Gasteiger partial charge in [-0.1, -0.05) is 12.1 Å². The Morgan fingerprint density at radius 3 is 2.77 bits per heavy atom. The number of hydrogen-bond donors (Lipinski definition) is 0. The molecule has 4 rings (SSSR count). The van der Waals surface area contributed by atoms with Crippen LogP contribution in [0.5, 0.6) is 0 Å². The first kappa shape index (κ1) is 20.3. The van der Waals surface area contributed by atoms with Crippen LogP contribution in [0.4, 0.5) is 4.39 Å². The monoisotopic (exact) mass is 407 g/mol. The van der Waals surface area contributed by atoms with Gasteiger partial charge in [0.05, 0.1) is 6.42 Å². The number of aromatic nitrogens is 1. The quantitative estimate of drug-likeness (QED) is 0.731. The summed E-state index contributed by atoms with van der Waals surface area (Å²) in [6, 6.07) is 10.1. The number of carbonyl (C=O) groups is 2. The van der Waals surface area contributed by atoms with Crippen molar-refractivity contribution in [3.8, 4) is 0 Å². The molecule has 2 aromatic rings. The number of pyridine rings is 1. The number of rotatable bonds is 4. The highest BCUT2D eigenvalue weighted by molar-refractivity contribution is 5.92. The lowest BCUT2D eigenvalue weighted by atomic mass is 9.83. The third kappa shape index (κ3) is 4.75. The van der Waals surface area contributed by atoms with Gasteiger partial charge in [0.15, 0.2) is 0 Å². The van der Waals surface area contributed by atoms with Crippen molar-refractivity contribution in [2.45, 2.75) is 31.7 Å². The molecule has 2 aliphatic rings. The van der Waals surface area contributed by atoms with Crippen LogP contribution < -0.4 is 0 Å². The molecular formula is C24H26FN3O2. The van der Waals surface area contributed by atoms with Crippen molar-refractivity contribution < 1.29 is 14.0 Å². The summed E-state index contributed by atoms with van der Waals surface area (Å²) in [6.07, 6.45) is 9.84. The minimum absolute atomic E-state index is 0.0279. The summed E-state index contributed by atoms with van der Waals surface area (Å²) in [7, 11) is 0. The van der Waals surface area contributed by atoms with Gasteiger partial charge in [-0.2, -0.15) is 0 Å². The fourth-order valence-corrected chi connectivity index (χ4v) is 4.57. The van der Waals surface area contributed by atoms with E-state index in [1.165, 1.54) is 12.1 Å². The molecule has 2 fully saturated rings. The van der Waals surface area contributed by atoms with Crippen molar-refractivity contribution in [3.05, 3.63) is 71.8 Å². The van der Waals surface area contributed by atoms with Gasteiger partial charge in [-0.05, 0) is 66.6 Å². The minimum Gasteiger partial charge on any atom is -0.342 e. The number of amides is 2. The van der Waals surface area contributed by atoms with E-state index in [2.05, 4.69) is 4.98 Å². The van der Waals surface area contributed by atoms with E-state index >= 15 is 0 Å². The molecule has 2 saturated heterocycles. The summed E-state index contributed by atoms with van der Waals surface area (Å²) < 4.78 is 13.4. The molecule has 6 heteroatoms. The summed E-state index contributed by atoms with van der Waals surface area (Å²) in [6.45, 7) is 2.06. The fourth-order valence-electron chi connectivity index (χ4n) is 4.57. The molecule has 5 nitrogen and oxygen atoms in total. The highest BCUT2D eigenvalue weighted by atomic mass is 19.1. The molecular weight excluding hydrogens is 381 g/mol. The molecule has 0 aliphatic carbocycles. The van der Waals surface area contributed by atoms with Crippen LogP contribution in [0, 0.1) is 11.7 Å². The second kappa shape index (κ2) is 9.20. The molecule has 0 spiro atoms. The van der Waals surface area contributed by atoms with Crippen molar-refractivity contribution in [1.82, 2.24) is 14.8 Å². The number of piperidine rings is 2. The second-order valence-electron chi connectivity index (χ2n) is 8.05. The van der Waals surface area contributed by atoms with Gasteiger partial charge in [0.2, 0.25) is 11.8 Å². The first-order valence-electron chi connectivity index (χ1n) is 10.5. The lowest BCUT2D eigenvalue weighted by molar-refractivity contribution is -0.138. The SMILES string of the molecule is O=C(Cc1cccc(F)c1)N1CC[C@H]2[C@H](CCCN2C(=O)/C=C/c2ccncc2)C1. The predicted octanol–water partition coefficient (Wildman–Crippen LogP) is 3.32. The maximum atomic E-state index is 13.4. The van der Waals surface area contributed by atoms with Crippen molar-refractivity contribution in [1.29, 1.82) is 0 Å². The van der Waals surface area contributed by atoms with Gasteiger partial charge in [0.1, 0.15) is 5.82 Å². The van der Waals surface area contributed by atoms with E-state index in [1.54, 1.807) is 30.6 Å². The van der Waals surface area contributed by atoms with E-state index in [0.717, 1.165) is 31.4 Å². The Kier molecular flexibility index (Phi) is 6.21. The lowest BCUT2D eigenvalue weighted by Gasteiger charge is -2.47. The molecule has 0 bridgehead atoms. The predicted molar refractivity (Wildman–Crippen MR) is 113 cm³/mol. The summed E-state index contributed by atoms with van der Waals surface area (Å²) in [4.78, 5) is 33.4. The number of likely N-dealkylation sites (tertiary alicyclic amines) is 2. The number of halogens is 1. The maximum absolute atomic E-state index is 13.4. The molecule has 0 N–H and O–H groups in total. The third-order valence-electron chi connectivity index (χ3n) is 6.07. The smallest absolute Gasteiger partial charge is 0.246 e. The number of fused-ring (bicyclic) bond motifs is 1. The van der Waals surface area contributed by atoms with E-state index in [4.69, 9.17) is 0 Å². The van der Waals surface area contributed by atoms with E-state index in [9.17, 15) is 14.0 Å². The number of nitrogens with zero attached hydrogens (tertiary/aromatic N) is 3. The van der Waals surface area contributed by atoms with Crippen LogP contribution in [0.1, 0.15) is 30.4 Å². The van der Waals surface area contributed by atoms with Crippen LogP contribution in [0.3, 0.4) is 0 Å². The Morgan fingerprint density at radius 1 is 1.13 bits per heavy atom. The molecule has 1 aromatic carbocycles. The molecule has 156 valence electrons. The van der Waals surface area contributed by atoms with Crippen LogP contribution in [0.2, 0.25) is 0 Å². The zero-order chi connectivity index (χ0) is 20.9. The molecule has 0 radical (unpaired) electrons. The van der Waals surface area contributed by atoms with Gasteiger partial charge in [-0.15, -0.1) is 0 Å². The van der Waals surface area contributed by atoms with Gasteiger partial charge in [0.25, 0.3) is 0 Å². The molecule has 2 aliphatic heterocycles. The molecule has 1 aromatic heterocycles. The summed E-state index contributed by atoms with van der Waals surface area (Å²) in [5.74, 6) is 0.0311. The fraction of sp³-hybridized carbons (Fsp3) is 0.375. The average Bonchev–Trinajstić information content (AvgIpc) is 2.77. The highest BCUT2D eigenvalue weighted by Gasteiger charge is 2.38. The van der Waals surface area contributed by atoms with E-state index in [-0.39, 0.29) is 30.1 Å². The van der Waals surface area contributed by atoms with E-state index in [1.807, 2.05) is 28.0 Å². The Morgan fingerprint density at radius 2 is 1.97 bits per heavy atom. The first-order chi connectivity index (χ1) is 14.6. The van der Waals surface area contributed by atoms with Crippen molar-refractivity contribution in [2.75, 3.05) is 19.6 Å². The normalized spacial score (nSPS) is 21.5. The minimum atomic E-state index is -0.319. The standard InChI is InChI=1S/C24H26FN3O2/c25-21-5-1-3-19(15-21)16-24(30)27-14-10-22-20(17-27)4-2-13-28(22)23(29)7-6-18-8-11-26-12-9-18/h1,3,5-9,11-12,15,20,22H,2,4,10,13-14,16-17H2/b7-6+/t20-,22+/m1/s1. The van der Waals surface area contributed by atoms with Crippen LogP contribution in [-0.4, -0.2) is 52.3 Å². The number of carbonyl (C=O) groups excluding carboxylic acids is 2. The Hall–Kier alpha value is -3.02. The van der Waals surface area contributed by atoms with Crippen molar-refractivity contribution in [2.24, 2.45) is 5.92 Å². The Bertz CT molecular complexity index is 931. The van der Waals surface area contributed by atoms with Crippen molar-refractivity contribution in [3.63, 3.8) is 0 Å². The number of benzene rings is 1. The van der Waals surface area contributed by atoms with Gasteiger partial charge >= 0.3 is 0 Å². The maximum Gasteiger partial charge on any atom is 0.246 e. The second-order valence-corrected chi connectivity index (χ2v) is 8.05. The third-order valence-corrected chi connectivity index (χ3v) is 6.07. The number of hydrogen-bond acceptors (Lipinski definition) is 3. The van der Waals surface area contributed by atoms with Crippen LogP contribution >= 0.6 is 0 Å². The highest BCUT2D eigenvalue weighted by Crippen LogP contribution is 2.31. The van der Waals surface area contributed by atoms with E-state index in [0.29, 0.717) is 24.6 Å². The zero-order valence-electron chi connectivity index (χ0n) is 16.9. The van der Waals surface area contributed by atoms with Crippen molar-refractivity contribution >= 4 is 17.9 Å². The summed E-state index contributed by atoms with van der Waals surface area (Å²) >= 11 is 0. The van der Waals surface area contributed by atoms with E-state index < -0.39 is 0 Å². The average molecular weight is 407 g/mol. The van der Waals surface area contributed by atoms with Gasteiger partial charge in [-0.3, -0.25) is 14.6 Å². The molecule has 2 atom stereocenters. The first-order valence-corrected chi connectivity index (χ1v) is 10.5. The van der Waals surface area contributed by atoms with Crippen LogP contribution in [0.25, 0.3) is 6.08 Å². The Balaban J connectivity index is 1.37. The Labute approximate surface area is 176 Å². The van der Waals surface area contributed by atoms with Gasteiger partial charge in [0, 0.05) is 44.1 Å². The molecule has 0 saturated carbocycles. The lowest BCUT2D eigenvalue weighted by Crippen LogP contribution is -2.56. The topological polar surface area (TPSA) is 53.5 Å².